The van der Waals surface area contributed by atoms with Crippen LogP contribution >= 0.6 is 0 Å². The lowest BCUT2D eigenvalue weighted by atomic mass is 9.92. The number of hydrogen-bond acceptors (Lipinski definition) is 5. The van der Waals surface area contributed by atoms with Gasteiger partial charge >= 0.3 is 6.03 Å². The van der Waals surface area contributed by atoms with E-state index in [-0.39, 0.29) is 42.7 Å². The molecule has 1 saturated carbocycles. The number of benzene rings is 2. The number of hydrogen-bond donors (Lipinski definition) is 2. The van der Waals surface area contributed by atoms with Crippen LogP contribution < -0.4 is 10.6 Å². The average molecular weight is 419 g/mol. The first kappa shape index (κ1) is 20.5. The average Bonchev–Trinajstić information content (AvgIpc) is 2.98. The monoisotopic (exact) mass is 419 g/mol. The second kappa shape index (κ2) is 8.14. The number of nitrogens with one attached hydrogen (secondary N) is 2. The molecule has 4 rings (SSSR count). The Morgan fingerprint density at radius 2 is 1.84 bits per heavy atom. The molecule has 1 aliphatic heterocycles. The molecule has 1 aliphatic carbocycles. The van der Waals surface area contributed by atoms with Crippen LogP contribution in [0.2, 0.25) is 0 Å². The number of Topliss-reactive ketones (excluding diaryl/α,β-unsaturated/α-hetero) is 2. The van der Waals surface area contributed by atoms with Crippen molar-refractivity contribution in [2.75, 3.05) is 5.32 Å². The third kappa shape index (κ3) is 3.96. The summed E-state index contributed by atoms with van der Waals surface area (Å²) in [5.74, 6) is -1.70. The van der Waals surface area contributed by atoms with Crippen molar-refractivity contribution in [3.8, 4) is 0 Å². The molecule has 0 radical (unpaired) electrons. The quantitative estimate of drug-likeness (QED) is 0.584. The SMILES string of the molecule is Cc1cccc(NC(=O)NCc2cccc3c2C(=O)N(C2CCC(=O)CC2=O)C3=O)c1. The molecular weight excluding hydrogens is 398 g/mol. The van der Waals surface area contributed by atoms with Crippen LogP contribution in [0.15, 0.2) is 42.5 Å². The standard InChI is InChI=1S/C23H21N3O5/c1-13-4-2-6-15(10-13)25-23(31)24-12-14-5-3-7-17-20(14)22(30)26(21(17)29)18-9-8-16(27)11-19(18)28/h2-7,10,18H,8-9,11-12H2,1H3,(H2,24,25,31). The van der Waals surface area contributed by atoms with E-state index < -0.39 is 29.7 Å². The van der Waals surface area contributed by atoms with Gasteiger partial charge < -0.3 is 10.6 Å². The summed E-state index contributed by atoms with van der Waals surface area (Å²) >= 11 is 0. The molecule has 1 fully saturated rings. The Morgan fingerprint density at radius 1 is 1.06 bits per heavy atom. The third-order valence-corrected chi connectivity index (χ3v) is 5.50. The lowest BCUT2D eigenvalue weighted by Gasteiger charge is -2.27. The molecule has 2 N–H and O–H groups in total. The molecule has 8 heteroatoms. The maximum absolute atomic E-state index is 13.1. The maximum atomic E-state index is 13.1. The highest BCUT2D eigenvalue weighted by molar-refractivity contribution is 6.24. The zero-order chi connectivity index (χ0) is 22.1. The van der Waals surface area contributed by atoms with Gasteiger partial charge in [-0.1, -0.05) is 24.3 Å². The molecule has 2 aliphatic rings. The molecule has 158 valence electrons. The van der Waals surface area contributed by atoms with Crippen LogP contribution in [0.3, 0.4) is 0 Å². The van der Waals surface area contributed by atoms with Gasteiger partial charge in [0.1, 0.15) is 5.78 Å². The summed E-state index contributed by atoms with van der Waals surface area (Å²) in [6.07, 6.45) is 0.0542. The molecule has 0 spiro atoms. The summed E-state index contributed by atoms with van der Waals surface area (Å²) in [7, 11) is 0. The first-order valence-corrected chi connectivity index (χ1v) is 10.0. The lowest BCUT2D eigenvalue weighted by molar-refractivity contribution is -0.132. The number of ketones is 2. The number of amides is 4. The minimum atomic E-state index is -0.921. The fourth-order valence-electron chi connectivity index (χ4n) is 4.01. The van der Waals surface area contributed by atoms with Crippen LogP contribution in [-0.2, 0) is 16.1 Å². The van der Waals surface area contributed by atoms with Crippen molar-refractivity contribution >= 4 is 35.1 Å². The van der Waals surface area contributed by atoms with E-state index in [4.69, 9.17) is 0 Å². The molecule has 1 heterocycles. The van der Waals surface area contributed by atoms with E-state index >= 15 is 0 Å². The smallest absolute Gasteiger partial charge is 0.319 e. The second-order valence-corrected chi connectivity index (χ2v) is 7.73. The number of fused-ring (bicyclic) bond motifs is 1. The number of nitrogens with zero attached hydrogens (tertiary/aromatic N) is 1. The zero-order valence-electron chi connectivity index (χ0n) is 16.9. The molecule has 1 atom stereocenters. The van der Waals surface area contributed by atoms with Crippen LogP contribution in [0.25, 0.3) is 0 Å². The first-order chi connectivity index (χ1) is 14.8. The van der Waals surface area contributed by atoms with Crippen molar-refractivity contribution in [3.63, 3.8) is 0 Å². The zero-order valence-corrected chi connectivity index (χ0v) is 16.9. The van der Waals surface area contributed by atoms with E-state index in [1.54, 1.807) is 18.2 Å². The molecule has 2 aromatic carbocycles. The fourth-order valence-corrected chi connectivity index (χ4v) is 4.01. The van der Waals surface area contributed by atoms with Crippen LogP contribution in [0, 0.1) is 6.92 Å². The predicted molar refractivity (Wildman–Crippen MR) is 112 cm³/mol. The lowest BCUT2D eigenvalue weighted by Crippen LogP contribution is -2.47. The van der Waals surface area contributed by atoms with Crippen molar-refractivity contribution in [2.45, 2.75) is 38.8 Å². The molecule has 31 heavy (non-hydrogen) atoms. The number of anilines is 1. The van der Waals surface area contributed by atoms with Gasteiger partial charge in [-0.05, 0) is 42.7 Å². The van der Waals surface area contributed by atoms with E-state index in [9.17, 15) is 24.0 Å². The van der Waals surface area contributed by atoms with Crippen LogP contribution in [-0.4, -0.2) is 40.4 Å². The van der Waals surface area contributed by atoms with E-state index in [0.717, 1.165) is 10.5 Å². The molecular formula is C23H21N3O5. The second-order valence-electron chi connectivity index (χ2n) is 7.73. The summed E-state index contributed by atoms with van der Waals surface area (Å²) in [6, 6.07) is 10.8. The van der Waals surface area contributed by atoms with Crippen LogP contribution in [0.5, 0.6) is 0 Å². The Morgan fingerprint density at radius 3 is 2.58 bits per heavy atom. The van der Waals surface area contributed by atoms with E-state index in [1.165, 1.54) is 6.07 Å². The Kier molecular flexibility index (Phi) is 5.37. The summed E-state index contributed by atoms with van der Waals surface area (Å²) in [5.41, 5.74) is 2.51. The Bertz CT molecular complexity index is 1120. The Balaban J connectivity index is 1.50. The highest BCUT2D eigenvalue weighted by Gasteiger charge is 2.45. The van der Waals surface area contributed by atoms with E-state index in [2.05, 4.69) is 10.6 Å². The molecule has 8 nitrogen and oxygen atoms in total. The minimum Gasteiger partial charge on any atom is -0.334 e. The molecule has 0 bridgehead atoms. The summed E-state index contributed by atoms with van der Waals surface area (Å²) < 4.78 is 0. The van der Waals surface area contributed by atoms with E-state index in [1.807, 2.05) is 25.1 Å². The third-order valence-electron chi connectivity index (χ3n) is 5.50. The van der Waals surface area contributed by atoms with Gasteiger partial charge in [-0.25, -0.2) is 4.79 Å². The van der Waals surface area contributed by atoms with Crippen molar-refractivity contribution < 1.29 is 24.0 Å². The number of rotatable bonds is 4. The molecule has 0 saturated heterocycles. The van der Waals surface area contributed by atoms with Crippen LogP contribution in [0.1, 0.15) is 51.1 Å². The van der Waals surface area contributed by atoms with Crippen molar-refractivity contribution in [2.24, 2.45) is 0 Å². The summed E-state index contributed by atoms with van der Waals surface area (Å²) in [6.45, 7) is 1.95. The maximum Gasteiger partial charge on any atom is 0.319 e. The van der Waals surface area contributed by atoms with Gasteiger partial charge in [0.25, 0.3) is 11.8 Å². The number of aryl methyl sites for hydroxylation is 1. The largest absolute Gasteiger partial charge is 0.334 e. The number of carbonyl (C=O) groups is 5. The van der Waals surface area contributed by atoms with Gasteiger partial charge in [0.15, 0.2) is 5.78 Å². The van der Waals surface area contributed by atoms with Crippen LogP contribution in [0.4, 0.5) is 10.5 Å². The summed E-state index contributed by atoms with van der Waals surface area (Å²) in [4.78, 5) is 63.0. The van der Waals surface area contributed by atoms with Gasteiger partial charge in [-0.3, -0.25) is 24.1 Å². The topological polar surface area (TPSA) is 113 Å². The van der Waals surface area contributed by atoms with Crippen molar-refractivity contribution in [1.29, 1.82) is 0 Å². The van der Waals surface area contributed by atoms with Gasteiger partial charge in [0.05, 0.1) is 23.6 Å². The first-order valence-electron chi connectivity index (χ1n) is 10.0. The molecule has 1 unspecified atom stereocenters. The number of urea groups is 1. The highest BCUT2D eigenvalue weighted by atomic mass is 16.2. The number of imide groups is 1. The molecule has 4 amide bonds. The van der Waals surface area contributed by atoms with Gasteiger partial charge in [0.2, 0.25) is 0 Å². The normalized spacial score (nSPS) is 18.2. The summed E-state index contributed by atoms with van der Waals surface area (Å²) in [5, 5.41) is 5.42. The van der Waals surface area contributed by atoms with Gasteiger partial charge in [0, 0.05) is 18.7 Å². The highest BCUT2D eigenvalue weighted by Crippen LogP contribution is 2.31. The van der Waals surface area contributed by atoms with Crippen molar-refractivity contribution in [3.05, 3.63) is 64.7 Å². The Hall–Kier alpha value is -3.81. The molecule has 0 aromatic heterocycles. The van der Waals surface area contributed by atoms with Gasteiger partial charge in [-0.2, -0.15) is 0 Å². The Labute approximate surface area is 178 Å². The van der Waals surface area contributed by atoms with Crippen molar-refractivity contribution in [1.82, 2.24) is 10.2 Å². The predicted octanol–water partition coefficient (Wildman–Crippen LogP) is 2.60. The molecule has 2 aromatic rings. The van der Waals surface area contributed by atoms with E-state index in [0.29, 0.717) is 11.3 Å². The van der Waals surface area contributed by atoms with Gasteiger partial charge in [-0.15, -0.1) is 0 Å². The fraction of sp³-hybridized carbons (Fsp3) is 0.261. The number of carbonyl (C=O) groups excluding carboxylic acids is 5. The minimum absolute atomic E-state index is 0.0325.